The number of aromatic nitrogens is 2. The van der Waals surface area contributed by atoms with E-state index in [1.165, 1.54) is 0 Å². The molecule has 0 aliphatic rings. The van der Waals surface area contributed by atoms with E-state index in [1.807, 2.05) is 19.1 Å². The topological polar surface area (TPSA) is 53.1 Å². The average Bonchev–Trinajstić information content (AvgIpc) is 2.60. The van der Waals surface area contributed by atoms with E-state index in [2.05, 4.69) is 5.10 Å². The van der Waals surface area contributed by atoms with E-state index in [1.54, 1.807) is 24.1 Å². The monoisotopic (exact) mass is 237 g/mol. The van der Waals surface area contributed by atoms with Gasteiger partial charge in [0.25, 0.3) is 0 Å². The molecule has 1 aromatic carbocycles. The second-order valence-corrected chi connectivity index (χ2v) is 3.84. The number of nitrogens with two attached hydrogens (primary N) is 1. The van der Waals surface area contributed by atoms with Gasteiger partial charge in [0, 0.05) is 12.3 Å². The SMILES string of the molecule is COc1cc(-n2cc(Cl)c(C)n2)ccc1N. The summed E-state index contributed by atoms with van der Waals surface area (Å²) in [7, 11) is 1.58. The number of halogens is 1. The van der Waals surface area contributed by atoms with Crippen LogP contribution in [0.2, 0.25) is 5.02 Å². The summed E-state index contributed by atoms with van der Waals surface area (Å²) < 4.78 is 6.84. The summed E-state index contributed by atoms with van der Waals surface area (Å²) in [4.78, 5) is 0. The molecule has 0 aliphatic carbocycles. The maximum absolute atomic E-state index is 5.94. The minimum absolute atomic E-state index is 0.598. The Morgan fingerprint density at radius 2 is 2.19 bits per heavy atom. The number of rotatable bonds is 2. The first-order chi connectivity index (χ1) is 7.61. The summed E-state index contributed by atoms with van der Waals surface area (Å²) in [6.45, 7) is 1.85. The largest absolute Gasteiger partial charge is 0.495 e. The Bertz CT molecular complexity index is 502. The van der Waals surface area contributed by atoms with Crippen LogP contribution >= 0.6 is 11.6 Å². The van der Waals surface area contributed by atoms with Crippen LogP contribution < -0.4 is 10.5 Å². The van der Waals surface area contributed by atoms with Gasteiger partial charge in [-0.05, 0) is 19.1 Å². The number of hydrogen-bond acceptors (Lipinski definition) is 3. The molecule has 0 radical (unpaired) electrons. The number of nitrogen functional groups attached to an aromatic ring is 1. The molecule has 0 atom stereocenters. The molecule has 0 fully saturated rings. The molecule has 4 nitrogen and oxygen atoms in total. The first kappa shape index (κ1) is 10.8. The minimum atomic E-state index is 0.598. The van der Waals surface area contributed by atoms with Crippen LogP contribution in [0, 0.1) is 6.92 Å². The van der Waals surface area contributed by atoms with Crippen LogP contribution in [0.15, 0.2) is 24.4 Å². The summed E-state index contributed by atoms with van der Waals surface area (Å²) in [6.07, 6.45) is 1.75. The van der Waals surface area contributed by atoms with Gasteiger partial charge < -0.3 is 10.5 Å². The molecule has 0 saturated heterocycles. The number of anilines is 1. The van der Waals surface area contributed by atoms with Crippen molar-refractivity contribution in [3.8, 4) is 11.4 Å². The summed E-state index contributed by atoms with van der Waals surface area (Å²) in [5.74, 6) is 0.627. The number of nitrogens with zero attached hydrogens (tertiary/aromatic N) is 2. The Morgan fingerprint density at radius 1 is 1.44 bits per heavy atom. The van der Waals surface area contributed by atoms with Gasteiger partial charge in [-0.15, -0.1) is 0 Å². The third-order valence-corrected chi connectivity index (χ3v) is 2.69. The van der Waals surface area contributed by atoms with Crippen molar-refractivity contribution in [2.24, 2.45) is 0 Å². The Hall–Kier alpha value is -1.68. The van der Waals surface area contributed by atoms with Gasteiger partial charge in [-0.1, -0.05) is 11.6 Å². The highest BCUT2D eigenvalue weighted by molar-refractivity contribution is 6.31. The lowest BCUT2D eigenvalue weighted by Crippen LogP contribution is -1.98. The van der Waals surface area contributed by atoms with Gasteiger partial charge in [-0.2, -0.15) is 5.10 Å². The molecule has 16 heavy (non-hydrogen) atoms. The molecule has 2 aromatic rings. The van der Waals surface area contributed by atoms with Gasteiger partial charge in [0.1, 0.15) is 5.75 Å². The van der Waals surface area contributed by atoms with E-state index in [-0.39, 0.29) is 0 Å². The predicted molar refractivity (Wildman–Crippen MR) is 64.3 cm³/mol. The summed E-state index contributed by atoms with van der Waals surface area (Å²) in [5.41, 5.74) is 7.98. The zero-order chi connectivity index (χ0) is 11.7. The fourth-order valence-corrected chi connectivity index (χ4v) is 1.54. The summed E-state index contributed by atoms with van der Waals surface area (Å²) in [6, 6.07) is 5.46. The molecule has 0 bridgehead atoms. The second-order valence-electron chi connectivity index (χ2n) is 3.43. The van der Waals surface area contributed by atoms with E-state index >= 15 is 0 Å². The molecular weight excluding hydrogens is 226 g/mol. The number of ether oxygens (including phenoxy) is 1. The zero-order valence-corrected chi connectivity index (χ0v) is 9.82. The third kappa shape index (κ3) is 1.84. The van der Waals surface area contributed by atoms with Crippen molar-refractivity contribution < 1.29 is 4.74 Å². The Morgan fingerprint density at radius 3 is 2.75 bits per heavy atom. The van der Waals surface area contributed by atoms with Crippen LogP contribution in [0.3, 0.4) is 0 Å². The van der Waals surface area contributed by atoms with Crippen LogP contribution in [0.4, 0.5) is 5.69 Å². The number of methoxy groups -OCH3 is 1. The third-order valence-electron chi connectivity index (χ3n) is 2.32. The molecule has 1 heterocycles. The maximum Gasteiger partial charge on any atom is 0.143 e. The van der Waals surface area contributed by atoms with Crippen LogP contribution in [-0.4, -0.2) is 16.9 Å². The molecule has 5 heteroatoms. The maximum atomic E-state index is 5.94. The predicted octanol–water partition coefficient (Wildman–Crippen LogP) is 2.42. The van der Waals surface area contributed by atoms with Crippen molar-refractivity contribution in [1.82, 2.24) is 9.78 Å². The van der Waals surface area contributed by atoms with Gasteiger partial charge in [-0.3, -0.25) is 0 Å². The molecule has 1 aromatic heterocycles. The fourth-order valence-electron chi connectivity index (χ4n) is 1.41. The smallest absolute Gasteiger partial charge is 0.143 e. The summed E-state index contributed by atoms with van der Waals surface area (Å²) in [5, 5.41) is 4.91. The normalized spacial score (nSPS) is 10.4. The van der Waals surface area contributed by atoms with E-state index in [0.717, 1.165) is 11.4 Å². The quantitative estimate of drug-likeness (QED) is 0.817. The number of hydrogen-bond donors (Lipinski definition) is 1. The van der Waals surface area contributed by atoms with Gasteiger partial charge in [0.2, 0.25) is 0 Å². The van der Waals surface area contributed by atoms with Crippen molar-refractivity contribution in [2.45, 2.75) is 6.92 Å². The molecule has 0 saturated carbocycles. The van der Waals surface area contributed by atoms with Gasteiger partial charge in [-0.25, -0.2) is 4.68 Å². The van der Waals surface area contributed by atoms with E-state index in [4.69, 9.17) is 22.1 Å². The van der Waals surface area contributed by atoms with Crippen molar-refractivity contribution in [3.05, 3.63) is 35.1 Å². The van der Waals surface area contributed by atoms with Crippen molar-refractivity contribution >= 4 is 17.3 Å². The molecule has 0 spiro atoms. The molecular formula is C11H12ClN3O. The highest BCUT2D eigenvalue weighted by Crippen LogP contribution is 2.25. The lowest BCUT2D eigenvalue weighted by atomic mass is 10.2. The molecule has 0 amide bonds. The first-order valence-corrected chi connectivity index (χ1v) is 5.15. The molecule has 84 valence electrons. The average molecular weight is 238 g/mol. The Kier molecular flexibility index (Phi) is 2.75. The molecule has 2 rings (SSSR count). The van der Waals surface area contributed by atoms with Gasteiger partial charge in [0.05, 0.1) is 29.2 Å². The molecule has 2 N–H and O–H groups in total. The highest BCUT2D eigenvalue weighted by atomic mass is 35.5. The lowest BCUT2D eigenvalue weighted by Gasteiger charge is -2.07. The lowest BCUT2D eigenvalue weighted by molar-refractivity contribution is 0.416. The number of benzene rings is 1. The Balaban J connectivity index is 2.48. The molecule has 0 unspecified atom stereocenters. The van der Waals surface area contributed by atoms with Crippen LogP contribution in [0.1, 0.15) is 5.69 Å². The van der Waals surface area contributed by atoms with Crippen LogP contribution in [-0.2, 0) is 0 Å². The molecule has 0 aliphatic heterocycles. The highest BCUT2D eigenvalue weighted by Gasteiger charge is 2.06. The van der Waals surface area contributed by atoms with E-state index < -0.39 is 0 Å². The van der Waals surface area contributed by atoms with Crippen molar-refractivity contribution in [2.75, 3.05) is 12.8 Å². The Labute approximate surface area is 98.6 Å². The standard InChI is InChI=1S/C11H12ClN3O/c1-7-9(12)6-15(14-7)8-3-4-10(13)11(5-8)16-2/h3-6H,13H2,1-2H3. The van der Waals surface area contributed by atoms with E-state index in [0.29, 0.717) is 16.5 Å². The summed E-state index contributed by atoms with van der Waals surface area (Å²) >= 11 is 5.94. The first-order valence-electron chi connectivity index (χ1n) is 4.77. The van der Waals surface area contributed by atoms with Gasteiger partial charge >= 0.3 is 0 Å². The minimum Gasteiger partial charge on any atom is -0.495 e. The van der Waals surface area contributed by atoms with Crippen molar-refractivity contribution in [3.63, 3.8) is 0 Å². The van der Waals surface area contributed by atoms with Crippen molar-refractivity contribution in [1.29, 1.82) is 0 Å². The zero-order valence-electron chi connectivity index (χ0n) is 9.07. The number of aryl methyl sites for hydroxylation is 1. The van der Waals surface area contributed by atoms with Crippen LogP contribution in [0.25, 0.3) is 5.69 Å². The van der Waals surface area contributed by atoms with Gasteiger partial charge in [0.15, 0.2) is 0 Å². The second kappa shape index (κ2) is 4.06. The van der Waals surface area contributed by atoms with Crippen LogP contribution in [0.5, 0.6) is 5.75 Å². The fraction of sp³-hybridized carbons (Fsp3) is 0.182. The van der Waals surface area contributed by atoms with E-state index in [9.17, 15) is 0 Å².